The minimum absolute atomic E-state index is 0.0435. The van der Waals surface area contributed by atoms with Gasteiger partial charge in [0.1, 0.15) is 29.4 Å². The summed E-state index contributed by atoms with van der Waals surface area (Å²) in [6, 6.07) is 7.98. The van der Waals surface area contributed by atoms with Crippen molar-refractivity contribution in [2.45, 2.75) is 19.4 Å². The smallest absolute Gasteiger partial charge is 0.347 e. The van der Waals surface area contributed by atoms with Gasteiger partial charge in [0.15, 0.2) is 11.6 Å². The van der Waals surface area contributed by atoms with Crippen LogP contribution in [0.3, 0.4) is 0 Å². The van der Waals surface area contributed by atoms with E-state index in [1.807, 2.05) is 0 Å². The summed E-state index contributed by atoms with van der Waals surface area (Å²) in [7, 11) is 3.26. The Morgan fingerprint density at radius 1 is 1.26 bits per heavy atom. The second-order valence-electron chi connectivity index (χ2n) is 8.06. The normalized spacial score (nSPS) is 14.5. The Morgan fingerprint density at radius 2 is 2.06 bits per heavy atom. The van der Waals surface area contributed by atoms with Gasteiger partial charge in [-0.15, -0.1) is 10.2 Å². The van der Waals surface area contributed by atoms with Crippen LogP contribution < -0.4 is 16.2 Å². The number of nitriles is 1. The number of nitrogens with two attached hydrogens (primary N) is 1. The predicted octanol–water partition coefficient (Wildman–Crippen LogP) is 2.27. The van der Waals surface area contributed by atoms with E-state index in [2.05, 4.69) is 26.3 Å². The molecule has 0 fully saturated rings. The van der Waals surface area contributed by atoms with Crippen molar-refractivity contribution in [3.63, 3.8) is 0 Å². The van der Waals surface area contributed by atoms with Crippen molar-refractivity contribution in [1.29, 1.82) is 5.26 Å². The van der Waals surface area contributed by atoms with Crippen LogP contribution in [0.2, 0.25) is 0 Å². The van der Waals surface area contributed by atoms with Crippen LogP contribution in [0, 0.1) is 17.1 Å². The molecular weight excluding hydrogens is 439 g/mol. The first-order valence-corrected chi connectivity index (χ1v) is 10.4. The van der Waals surface area contributed by atoms with Crippen molar-refractivity contribution in [1.82, 2.24) is 29.5 Å². The van der Waals surface area contributed by atoms with E-state index in [0.29, 0.717) is 39.3 Å². The molecule has 170 valence electrons. The third-order valence-electron chi connectivity index (χ3n) is 5.80. The Bertz CT molecular complexity index is 1570. The lowest BCUT2D eigenvalue weighted by molar-refractivity contribution is 0.227. The summed E-state index contributed by atoms with van der Waals surface area (Å²) in [5.74, 6) is -0.190. The molecule has 0 saturated carbocycles. The molecule has 0 spiro atoms. The monoisotopic (exact) mass is 458 g/mol. The third-order valence-corrected chi connectivity index (χ3v) is 5.80. The van der Waals surface area contributed by atoms with Gasteiger partial charge in [0.05, 0.1) is 17.0 Å². The summed E-state index contributed by atoms with van der Waals surface area (Å²) in [5, 5.41) is 22.5. The maximum atomic E-state index is 14.3. The molecule has 0 radical (unpaired) electrons. The first kappa shape index (κ1) is 21.3. The Hall–Kier alpha value is -4.59. The van der Waals surface area contributed by atoms with Gasteiger partial charge in [0.2, 0.25) is 0 Å². The van der Waals surface area contributed by atoms with Crippen LogP contribution in [0.15, 0.2) is 35.3 Å². The van der Waals surface area contributed by atoms with E-state index in [1.165, 1.54) is 21.4 Å². The second-order valence-corrected chi connectivity index (χ2v) is 8.06. The first-order chi connectivity index (χ1) is 16.3. The molecule has 4 heterocycles. The summed E-state index contributed by atoms with van der Waals surface area (Å²) < 4.78 is 23.2. The zero-order valence-corrected chi connectivity index (χ0v) is 18.6. The van der Waals surface area contributed by atoms with Gasteiger partial charge in [0.25, 0.3) is 0 Å². The highest BCUT2D eigenvalue weighted by Crippen LogP contribution is 2.37. The van der Waals surface area contributed by atoms with E-state index >= 15 is 0 Å². The molecule has 0 aliphatic carbocycles. The van der Waals surface area contributed by atoms with Crippen LogP contribution in [-0.4, -0.2) is 29.5 Å². The van der Waals surface area contributed by atoms with E-state index in [9.17, 15) is 14.4 Å². The summed E-state index contributed by atoms with van der Waals surface area (Å²) in [6.45, 7) is 1.74. The van der Waals surface area contributed by atoms with Crippen LogP contribution in [-0.2, 0) is 20.5 Å². The van der Waals surface area contributed by atoms with Crippen LogP contribution in [0.25, 0.3) is 22.5 Å². The van der Waals surface area contributed by atoms with Crippen LogP contribution >= 0.6 is 0 Å². The number of hydrogen-bond acceptors (Lipinski definition) is 8. The van der Waals surface area contributed by atoms with E-state index in [1.54, 1.807) is 39.3 Å². The lowest BCUT2D eigenvalue weighted by atomic mass is 9.94. The van der Waals surface area contributed by atoms with Crippen LogP contribution in [0.5, 0.6) is 5.75 Å². The number of rotatable bonds is 0. The van der Waals surface area contributed by atoms with Gasteiger partial charge in [-0.3, -0.25) is 4.68 Å². The number of anilines is 1. The predicted molar refractivity (Wildman–Crippen MR) is 120 cm³/mol. The fourth-order valence-corrected chi connectivity index (χ4v) is 4.18. The van der Waals surface area contributed by atoms with Gasteiger partial charge in [-0.25, -0.2) is 9.18 Å². The number of nitrogens with zero attached hydrogens (tertiary/aromatic N) is 7. The van der Waals surface area contributed by atoms with Crippen molar-refractivity contribution in [3.05, 3.63) is 69.3 Å². The van der Waals surface area contributed by atoms with Gasteiger partial charge in [0, 0.05) is 49.5 Å². The fraction of sp³-hybridized carbons (Fsp3) is 0.217. The molecule has 3 aromatic heterocycles. The average molecular weight is 458 g/mol. The zero-order chi connectivity index (χ0) is 24.1. The molecular formula is C23H19FN8O2. The highest BCUT2D eigenvalue weighted by Gasteiger charge is 2.26. The fourth-order valence-electron chi connectivity index (χ4n) is 4.18. The second kappa shape index (κ2) is 7.77. The zero-order valence-electron chi connectivity index (χ0n) is 18.6. The molecule has 0 unspecified atom stereocenters. The minimum atomic E-state index is -0.674. The largest absolute Gasteiger partial charge is 0.482 e. The van der Waals surface area contributed by atoms with E-state index in [-0.39, 0.29) is 23.7 Å². The molecule has 4 aromatic rings. The van der Waals surface area contributed by atoms with E-state index in [4.69, 9.17) is 10.5 Å². The first-order valence-electron chi connectivity index (χ1n) is 10.4. The van der Waals surface area contributed by atoms with Gasteiger partial charge in [-0.05, 0) is 25.1 Å². The molecule has 10 nitrogen and oxygen atoms in total. The minimum Gasteiger partial charge on any atom is -0.482 e. The Labute approximate surface area is 193 Å². The standard InChI is InChI=1S/C23H19FN8O2/c1-11-15-7-13(24)4-5-14(15)21-12(10-31(2)23(33)27-21)6-17-20(18(9-25)32(3)30-17)16-8-19(34-11)22(26)29-28-16/h4-5,7-8,10-11H,6H2,1-3H3,(H2,26,29)/t11-/m1/s1. The number of benzene rings is 1. The number of aromatic nitrogens is 6. The average Bonchev–Trinajstić information content (AvgIpc) is 3.11. The van der Waals surface area contributed by atoms with Crippen molar-refractivity contribution in [2.24, 2.45) is 14.1 Å². The molecule has 0 amide bonds. The van der Waals surface area contributed by atoms with E-state index in [0.717, 1.165) is 0 Å². The van der Waals surface area contributed by atoms with Crippen molar-refractivity contribution in [3.8, 4) is 34.3 Å². The Morgan fingerprint density at radius 3 is 2.82 bits per heavy atom. The maximum absolute atomic E-state index is 14.3. The maximum Gasteiger partial charge on any atom is 0.347 e. The highest BCUT2D eigenvalue weighted by molar-refractivity contribution is 5.73. The molecule has 1 aromatic carbocycles. The molecule has 0 saturated heterocycles. The van der Waals surface area contributed by atoms with Crippen molar-refractivity contribution >= 4 is 5.82 Å². The quantitative estimate of drug-likeness (QED) is 0.424. The number of halogens is 1. The van der Waals surface area contributed by atoms with E-state index < -0.39 is 17.6 Å². The van der Waals surface area contributed by atoms with Gasteiger partial charge in [-0.2, -0.15) is 15.3 Å². The third kappa shape index (κ3) is 3.36. The van der Waals surface area contributed by atoms with Crippen molar-refractivity contribution < 1.29 is 9.13 Å². The lowest BCUT2D eigenvalue weighted by Gasteiger charge is -2.21. The number of fused-ring (bicyclic) bond motifs is 7. The summed E-state index contributed by atoms with van der Waals surface area (Å²) in [6.07, 6.45) is 1.22. The van der Waals surface area contributed by atoms with Gasteiger partial charge >= 0.3 is 5.69 Å². The molecule has 5 rings (SSSR count). The molecule has 2 N–H and O–H groups in total. The van der Waals surface area contributed by atoms with Crippen LogP contribution in [0.4, 0.5) is 10.2 Å². The van der Waals surface area contributed by atoms with Crippen LogP contribution in [0.1, 0.15) is 35.5 Å². The molecule has 1 aliphatic rings. The summed E-state index contributed by atoms with van der Waals surface area (Å²) in [4.78, 5) is 16.8. The number of nitrogen functional groups attached to an aromatic ring is 1. The number of hydrogen-bond donors (Lipinski definition) is 1. The van der Waals surface area contributed by atoms with Gasteiger partial charge in [-0.1, -0.05) is 0 Å². The summed E-state index contributed by atoms with van der Waals surface area (Å²) in [5.41, 5.74) is 9.28. The lowest BCUT2D eigenvalue weighted by Crippen LogP contribution is -2.22. The number of ether oxygens (including phenoxy) is 1. The van der Waals surface area contributed by atoms with Crippen molar-refractivity contribution in [2.75, 3.05) is 5.73 Å². The molecule has 2 bridgehead atoms. The molecule has 1 aliphatic heterocycles. The molecule has 11 heteroatoms. The topological polar surface area (TPSA) is 138 Å². The SMILES string of the molecule is C[C@H]1Oc2cc(nnc2N)-c2c(nn(C)c2C#N)Cc2cn(C)c(=O)nc2-c2ccc(F)cc21. The highest BCUT2D eigenvalue weighted by atomic mass is 19.1. The Balaban J connectivity index is 1.88. The molecule has 1 atom stereocenters. The number of aryl methyl sites for hydroxylation is 2. The summed E-state index contributed by atoms with van der Waals surface area (Å²) >= 11 is 0. The van der Waals surface area contributed by atoms with Gasteiger partial charge < -0.3 is 15.0 Å². The molecule has 34 heavy (non-hydrogen) atoms. The Kier molecular flexibility index (Phi) is 4.86.